The van der Waals surface area contributed by atoms with Crippen LogP contribution in [0.4, 0.5) is 5.82 Å². The third kappa shape index (κ3) is 6.27. The van der Waals surface area contributed by atoms with Gasteiger partial charge in [0.1, 0.15) is 18.2 Å². The van der Waals surface area contributed by atoms with E-state index < -0.39 is 6.10 Å². The van der Waals surface area contributed by atoms with Crippen molar-refractivity contribution in [2.75, 3.05) is 25.0 Å². The van der Waals surface area contributed by atoms with Gasteiger partial charge < -0.3 is 30.0 Å². The number of β-amino-alcohol motifs (C(OH)–C–C–N with tert-alkyl or cyclic N) is 1. The number of nitrogens with one attached hydrogen (secondary N) is 2. The van der Waals surface area contributed by atoms with Gasteiger partial charge in [-0.1, -0.05) is 6.07 Å². The Morgan fingerprint density at radius 3 is 2.97 bits per heavy atom. The Labute approximate surface area is 215 Å². The Bertz CT molecular complexity index is 1210. The number of nitrogens with zero attached hydrogens (tertiary/aromatic N) is 3. The maximum absolute atomic E-state index is 12.6. The summed E-state index contributed by atoms with van der Waals surface area (Å²) in [6.07, 6.45) is 5.91. The predicted octanol–water partition coefficient (Wildman–Crippen LogP) is 2.04. The number of rotatable bonds is 10. The Kier molecular flexibility index (Phi) is 7.68. The second kappa shape index (κ2) is 11.3. The first-order chi connectivity index (χ1) is 17.9. The highest BCUT2D eigenvalue weighted by Gasteiger charge is 2.27. The largest absolute Gasteiger partial charge is 0.485 e. The molecule has 2 aliphatic rings. The molecule has 0 saturated heterocycles. The van der Waals surface area contributed by atoms with Crippen LogP contribution in [0, 0.1) is 6.92 Å². The summed E-state index contributed by atoms with van der Waals surface area (Å²) in [7, 11) is 0. The van der Waals surface area contributed by atoms with Gasteiger partial charge in [-0.2, -0.15) is 0 Å². The summed E-state index contributed by atoms with van der Waals surface area (Å²) < 4.78 is 11.2. The van der Waals surface area contributed by atoms with E-state index >= 15 is 0 Å². The van der Waals surface area contributed by atoms with E-state index in [-0.39, 0.29) is 24.6 Å². The lowest BCUT2D eigenvalue weighted by Crippen LogP contribution is -2.42. The highest BCUT2D eigenvalue weighted by atomic mass is 16.5. The van der Waals surface area contributed by atoms with Crippen LogP contribution in [0.1, 0.15) is 45.7 Å². The Morgan fingerprint density at radius 2 is 2.19 bits per heavy atom. The third-order valence-electron chi connectivity index (χ3n) is 7.03. The topological polar surface area (TPSA) is 133 Å². The van der Waals surface area contributed by atoms with Gasteiger partial charge in [-0.05, 0) is 61.1 Å². The molecule has 1 aliphatic heterocycles. The van der Waals surface area contributed by atoms with Crippen molar-refractivity contribution in [2.45, 2.75) is 57.6 Å². The van der Waals surface area contributed by atoms with Crippen molar-refractivity contribution >= 4 is 11.7 Å². The minimum atomic E-state index is -0.688. The Morgan fingerprint density at radius 1 is 1.32 bits per heavy atom. The number of hydrogen-bond acceptors (Lipinski definition) is 9. The molecule has 10 heteroatoms. The molecule has 1 aliphatic carbocycles. The first-order valence-electron chi connectivity index (χ1n) is 12.7. The molecule has 1 saturated carbocycles. The highest BCUT2D eigenvalue weighted by molar-refractivity contribution is 5.94. The Balaban J connectivity index is 1.09. The molecule has 1 fully saturated rings. The van der Waals surface area contributed by atoms with Crippen molar-refractivity contribution in [2.24, 2.45) is 0 Å². The number of carbonyl (C=O) groups is 1. The van der Waals surface area contributed by atoms with Gasteiger partial charge in [-0.15, -0.1) is 0 Å². The summed E-state index contributed by atoms with van der Waals surface area (Å²) in [6.45, 7) is 4.60. The zero-order valence-electron chi connectivity index (χ0n) is 20.9. The predicted molar refractivity (Wildman–Crippen MR) is 136 cm³/mol. The van der Waals surface area contributed by atoms with Crippen molar-refractivity contribution in [3.05, 3.63) is 71.1 Å². The van der Waals surface area contributed by atoms with Crippen molar-refractivity contribution < 1.29 is 24.2 Å². The summed E-state index contributed by atoms with van der Waals surface area (Å²) in [4.78, 5) is 23.0. The molecule has 4 N–H and O–H groups in total. The van der Waals surface area contributed by atoms with Gasteiger partial charge in [-0.3, -0.25) is 9.69 Å². The molecular weight excluding hydrogens is 474 g/mol. The average molecular weight is 508 g/mol. The molecule has 2 aromatic heterocycles. The summed E-state index contributed by atoms with van der Waals surface area (Å²) in [6, 6.07) is 7.59. The van der Waals surface area contributed by atoms with Crippen LogP contribution in [0.3, 0.4) is 0 Å². The molecule has 3 aromatic rings. The molecule has 5 rings (SSSR count). The maximum atomic E-state index is 12.6. The molecule has 196 valence electrons. The highest BCUT2D eigenvalue weighted by Crippen LogP contribution is 2.30. The molecular formula is C27H33N5O5. The van der Waals surface area contributed by atoms with Gasteiger partial charge >= 0.3 is 0 Å². The molecule has 10 nitrogen and oxygen atoms in total. The van der Waals surface area contributed by atoms with Gasteiger partial charge in [0.15, 0.2) is 12.2 Å². The number of ether oxygens (including phenoxy) is 1. The fourth-order valence-electron chi connectivity index (χ4n) is 4.89. The number of aromatic nitrogens is 2. The quantitative estimate of drug-likeness (QED) is 0.325. The lowest BCUT2D eigenvalue weighted by Gasteiger charge is -2.32. The molecule has 0 unspecified atom stereocenters. The Hall–Kier alpha value is -3.47. The number of aliphatic hydroxyl groups is 2. The van der Waals surface area contributed by atoms with E-state index in [1.54, 1.807) is 24.5 Å². The summed E-state index contributed by atoms with van der Waals surface area (Å²) in [5.41, 5.74) is 4.12. The van der Waals surface area contributed by atoms with Gasteiger partial charge in [0.05, 0.1) is 18.4 Å². The summed E-state index contributed by atoms with van der Waals surface area (Å²) >= 11 is 0. The van der Waals surface area contributed by atoms with E-state index in [0.29, 0.717) is 43.1 Å². The van der Waals surface area contributed by atoms with Crippen LogP contribution in [0.25, 0.3) is 0 Å². The normalized spacial score (nSPS) is 20.0. The first kappa shape index (κ1) is 25.2. The number of aliphatic hydroxyl groups excluding tert-OH is 2. The minimum absolute atomic E-state index is 0.162. The number of oxazole rings is 1. The van der Waals surface area contributed by atoms with Crippen LogP contribution >= 0.6 is 0 Å². The van der Waals surface area contributed by atoms with Crippen molar-refractivity contribution in [1.82, 2.24) is 20.2 Å². The SMILES string of the molecule is Cc1c(OCc2cnco2)ccc2c1CCN(C[C@@H](O)CNC(=O)c1ccnc(N[C@H]3C[C@H](O)C3)c1)C2. The number of hydrogen-bond donors (Lipinski definition) is 4. The molecule has 0 bridgehead atoms. The van der Waals surface area contributed by atoms with E-state index in [2.05, 4.69) is 38.5 Å². The molecule has 0 spiro atoms. The fraction of sp³-hybridized carbons (Fsp3) is 0.444. The number of benzene rings is 1. The monoisotopic (exact) mass is 507 g/mol. The second-order valence-electron chi connectivity index (χ2n) is 9.83. The van der Waals surface area contributed by atoms with Gasteiger partial charge in [0, 0.05) is 44.0 Å². The zero-order valence-corrected chi connectivity index (χ0v) is 20.9. The van der Waals surface area contributed by atoms with Crippen LogP contribution in [-0.2, 0) is 19.6 Å². The minimum Gasteiger partial charge on any atom is -0.485 e. The van der Waals surface area contributed by atoms with Crippen molar-refractivity contribution in [3.63, 3.8) is 0 Å². The van der Waals surface area contributed by atoms with Gasteiger partial charge in [0.2, 0.25) is 0 Å². The zero-order chi connectivity index (χ0) is 25.8. The molecule has 3 heterocycles. The number of fused-ring (bicyclic) bond motifs is 1. The lowest BCUT2D eigenvalue weighted by atomic mass is 9.89. The van der Waals surface area contributed by atoms with Gasteiger partial charge in [0.25, 0.3) is 5.91 Å². The van der Waals surface area contributed by atoms with Crippen molar-refractivity contribution in [1.29, 1.82) is 0 Å². The molecule has 1 aromatic carbocycles. The molecule has 37 heavy (non-hydrogen) atoms. The van der Waals surface area contributed by atoms with E-state index in [4.69, 9.17) is 9.15 Å². The van der Waals surface area contributed by atoms with Crippen LogP contribution in [-0.4, -0.2) is 68.9 Å². The van der Waals surface area contributed by atoms with E-state index in [0.717, 1.165) is 30.8 Å². The van der Waals surface area contributed by atoms with E-state index in [1.165, 1.54) is 17.5 Å². The van der Waals surface area contributed by atoms with E-state index in [1.807, 2.05) is 6.07 Å². The summed E-state index contributed by atoms with van der Waals surface area (Å²) in [5.74, 6) is 1.88. The third-order valence-corrected chi connectivity index (χ3v) is 7.03. The van der Waals surface area contributed by atoms with Crippen LogP contribution in [0.5, 0.6) is 5.75 Å². The van der Waals surface area contributed by atoms with Gasteiger partial charge in [-0.25, -0.2) is 9.97 Å². The molecule has 0 radical (unpaired) electrons. The number of carbonyl (C=O) groups excluding carboxylic acids is 1. The fourth-order valence-corrected chi connectivity index (χ4v) is 4.89. The second-order valence-corrected chi connectivity index (χ2v) is 9.83. The van der Waals surface area contributed by atoms with Crippen molar-refractivity contribution in [3.8, 4) is 5.75 Å². The first-order valence-corrected chi connectivity index (χ1v) is 12.7. The molecule has 1 atom stereocenters. The summed E-state index contributed by atoms with van der Waals surface area (Å²) in [5, 5.41) is 26.1. The number of pyridine rings is 1. The van der Waals surface area contributed by atoms with Crippen LogP contribution in [0.2, 0.25) is 0 Å². The number of amides is 1. The average Bonchev–Trinajstić information content (AvgIpc) is 3.40. The van der Waals surface area contributed by atoms with Crippen LogP contribution < -0.4 is 15.4 Å². The van der Waals surface area contributed by atoms with E-state index in [9.17, 15) is 15.0 Å². The van der Waals surface area contributed by atoms with Crippen LogP contribution in [0.15, 0.2) is 47.5 Å². The lowest BCUT2D eigenvalue weighted by molar-refractivity contribution is 0.0831. The number of anilines is 1. The standard InChI is InChI=1S/C27H33N5O5/c1-17-24-5-7-32(13-19(24)2-3-25(17)36-15-23-12-28-16-37-23)14-22(34)11-30-27(35)18-4-6-29-26(8-18)31-20-9-21(33)10-20/h2-4,6,8,12,16,20-22,33-34H,5,7,9-11,13-15H2,1H3,(H,29,31)(H,30,35)/t20-,21-,22-/m0/s1. The maximum Gasteiger partial charge on any atom is 0.251 e. The molecule has 1 amide bonds. The smallest absolute Gasteiger partial charge is 0.251 e.